The monoisotopic (exact) mass is 234 g/mol. The van der Waals surface area contributed by atoms with Gasteiger partial charge in [0.25, 0.3) is 0 Å². The fourth-order valence-electron chi connectivity index (χ4n) is 2.60. The molecule has 2 rings (SSSR count). The number of methoxy groups -OCH3 is 1. The topological polar surface area (TPSA) is 35.5 Å². The van der Waals surface area contributed by atoms with Crippen LogP contribution in [0.2, 0.25) is 0 Å². The van der Waals surface area contributed by atoms with Crippen molar-refractivity contribution >= 4 is 5.97 Å². The van der Waals surface area contributed by atoms with Crippen molar-refractivity contribution in [3.05, 3.63) is 28.8 Å². The number of rotatable bonds is 1. The molecule has 0 radical (unpaired) electrons. The van der Waals surface area contributed by atoms with Gasteiger partial charge in [0.1, 0.15) is 17.3 Å². The Labute approximate surface area is 102 Å². The first-order valence-electron chi connectivity index (χ1n) is 5.75. The third kappa shape index (κ3) is 1.79. The molecule has 0 saturated carbocycles. The maximum Gasteiger partial charge on any atom is 0.317 e. The Morgan fingerprint density at radius 2 is 2.00 bits per heavy atom. The van der Waals surface area contributed by atoms with Crippen LogP contribution in [0, 0.1) is 13.8 Å². The Morgan fingerprint density at radius 3 is 2.59 bits per heavy atom. The molecule has 1 aliphatic rings. The van der Waals surface area contributed by atoms with Gasteiger partial charge in [-0.15, -0.1) is 0 Å². The van der Waals surface area contributed by atoms with Crippen LogP contribution in [0.1, 0.15) is 36.5 Å². The second-order valence-corrected chi connectivity index (χ2v) is 5.16. The van der Waals surface area contributed by atoms with Crippen molar-refractivity contribution in [3.63, 3.8) is 0 Å². The van der Waals surface area contributed by atoms with E-state index in [4.69, 9.17) is 9.47 Å². The molecule has 1 aromatic rings. The van der Waals surface area contributed by atoms with Crippen LogP contribution < -0.4 is 4.74 Å². The summed E-state index contributed by atoms with van der Waals surface area (Å²) in [4.78, 5) is 11.9. The van der Waals surface area contributed by atoms with Crippen molar-refractivity contribution in [3.8, 4) is 5.75 Å². The van der Waals surface area contributed by atoms with Gasteiger partial charge in [0.15, 0.2) is 0 Å². The van der Waals surface area contributed by atoms with Crippen molar-refractivity contribution < 1.29 is 14.3 Å². The maximum absolute atomic E-state index is 11.9. The Balaban J connectivity index is 2.60. The van der Waals surface area contributed by atoms with Crippen LogP contribution >= 0.6 is 0 Å². The number of benzene rings is 1. The molecule has 0 N–H and O–H groups in total. The third-order valence-electron chi connectivity index (χ3n) is 3.29. The first-order valence-corrected chi connectivity index (χ1v) is 5.75. The molecule has 0 spiro atoms. The summed E-state index contributed by atoms with van der Waals surface area (Å²) >= 11 is 0. The lowest BCUT2D eigenvalue weighted by Gasteiger charge is -2.24. The van der Waals surface area contributed by atoms with Gasteiger partial charge in [0.05, 0.1) is 7.11 Å². The molecule has 17 heavy (non-hydrogen) atoms. The summed E-state index contributed by atoms with van der Waals surface area (Å²) in [5.41, 5.74) is 2.64. The predicted molar refractivity (Wildman–Crippen MR) is 65.4 cm³/mol. The highest BCUT2D eigenvalue weighted by molar-refractivity contribution is 5.82. The second kappa shape index (κ2) is 3.76. The molecule has 0 saturated heterocycles. The van der Waals surface area contributed by atoms with Crippen LogP contribution in [-0.2, 0) is 9.53 Å². The molecule has 1 aromatic carbocycles. The Bertz CT molecular complexity index is 475. The number of hydrogen-bond donors (Lipinski definition) is 0. The van der Waals surface area contributed by atoms with E-state index in [0.717, 1.165) is 22.4 Å². The van der Waals surface area contributed by atoms with Crippen LogP contribution in [0.15, 0.2) is 12.1 Å². The summed E-state index contributed by atoms with van der Waals surface area (Å²) in [6, 6.07) is 4.05. The number of carbonyl (C=O) groups is 1. The summed E-state index contributed by atoms with van der Waals surface area (Å²) in [6.45, 7) is 7.87. The van der Waals surface area contributed by atoms with E-state index in [-0.39, 0.29) is 11.9 Å². The van der Waals surface area contributed by atoms with Crippen LogP contribution in [0.5, 0.6) is 5.75 Å². The normalized spacial score (nSPS) is 20.6. The zero-order chi connectivity index (χ0) is 12.8. The number of fused-ring (bicyclic) bond motifs is 1. The number of carbonyl (C=O) groups excluding carboxylic acids is 1. The molecule has 0 aliphatic carbocycles. The molecule has 0 amide bonds. The SMILES string of the molecule is COC(=O)C1c2c(C)cc(C)cc2OC1(C)C. The van der Waals surface area contributed by atoms with Crippen LogP contribution in [0.25, 0.3) is 0 Å². The Morgan fingerprint density at radius 1 is 1.35 bits per heavy atom. The molecule has 0 aromatic heterocycles. The zero-order valence-corrected chi connectivity index (χ0v) is 11.0. The van der Waals surface area contributed by atoms with Gasteiger partial charge < -0.3 is 9.47 Å². The van der Waals surface area contributed by atoms with Crippen molar-refractivity contribution in [2.24, 2.45) is 0 Å². The molecule has 3 heteroatoms. The van der Waals surface area contributed by atoms with Gasteiger partial charge in [-0.25, -0.2) is 0 Å². The van der Waals surface area contributed by atoms with Crippen molar-refractivity contribution in [2.45, 2.75) is 39.2 Å². The summed E-state index contributed by atoms with van der Waals surface area (Å²) in [5, 5.41) is 0. The number of ether oxygens (including phenoxy) is 2. The quantitative estimate of drug-likeness (QED) is 0.701. The van der Waals surface area contributed by atoms with Gasteiger partial charge in [0.2, 0.25) is 0 Å². The molecule has 0 bridgehead atoms. The highest BCUT2D eigenvalue weighted by atomic mass is 16.5. The standard InChI is InChI=1S/C14H18O3/c1-8-6-9(2)11-10(7-8)17-14(3,4)12(11)13(15)16-5/h6-7,12H,1-5H3. The first-order chi connectivity index (χ1) is 7.86. The second-order valence-electron chi connectivity index (χ2n) is 5.16. The molecule has 92 valence electrons. The fourth-order valence-corrected chi connectivity index (χ4v) is 2.60. The number of hydrogen-bond acceptors (Lipinski definition) is 3. The average Bonchev–Trinajstić information content (AvgIpc) is 2.47. The first kappa shape index (κ1) is 12.0. The largest absolute Gasteiger partial charge is 0.486 e. The number of aryl methyl sites for hydroxylation is 2. The van der Waals surface area contributed by atoms with Gasteiger partial charge in [0, 0.05) is 5.56 Å². The molecular weight excluding hydrogens is 216 g/mol. The summed E-state index contributed by atoms with van der Waals surface area (Å²) in [6.07, 6.45) is 0. The van der Waals surface area contributed by atoms with E-state index in [9.17, 15) is 4.79 Å². The van der Waals surface area contributed by atoms with Crippen LogP contribution in [0.3, 0.4) is 0 Å². The number of esters is 1. The molecule has 1 heterocycles. The average molecular weight is 234 g/mol. The van der Waals surface area contributed by atoms with Gasteiger partial charge in [-0.1, -0.05) is 6.07 Å². The van der Waals surface area contributed by atoms with E-state index in [1.807, 2.05) is 33.8 Å². The minimum absolute atomic E-state index is 0.235. The van der Waals surface area contributed by atoms with Gasteiger partial charge in [-0.05, 0) is 44.9 Å². The summed E-state index contributed by atoms with van der Waals surface area (Å²) in [7, 11) is 1.42. The van der Waals surface area contributed by atoms with Gasteiger partial charge in [-0.2, -0.15) is 0 Å². The molecular formula is C14H18O3. The van der Waals surface area contributed by atoms with Crippen molar-refractivity contribution in [1.82, 2.24) is 0 Å². The summed E-state index contributed by atoms with van der Waals surface area (Å²) < 4.78 is 10.8. The molecule has 0 fully saturated rings. The highest BCUT2D eigenvalue weighted by Crippen LogP contribution is 2.47. The van der Waals surface area contributed by atoms with E-state index >= 15 is 0 Å². The van der Waals surface area contributed by atoms with Crippen molar-refractivity contribution in [1.29, 1.82) is 0 Å². The van der Waals surface area contributed by atoms with E-state index in [1.54, 1.807) is 0 Å². The third-order valence-corrected chi connectivity index (χ3v) is 3.29. The van der Waals surface area contributed by atoms with Crippen LogP contribution in [0.4, 0.5) is 0 Å². The predicted octanol–water partition coefficient (Wildman–Crippen LogP) is 2.73. The van der Waals surface area contributed by atoms with Crippen LogP contribution in [-0.4, -0.2) is 18.7 Å². The van der Waals surface area contributed by atoms with E-state index in [0.29, 0.717) is 0 Å². The lowest BCUT2D eigenvalue weighted by atomic mass is 9.84. The molecule has 1 unspecified atom stereocenters. The van der Waals surface area contributed by atoms with E-state index < -0.39 is 5.60 Å². The molecule has 1 atom stereocenters. The Hall–Kier alpha value is -1.51. The summed E-state index contributed by atoms with van der Waals surface area (Å²) in [5.74, 6) is 0.228. The highest BCUT2D eigenvalue weighted by Gasteiger charge is 2.47. The van der Waals surface area contributed by atoms with Crippen molar-refractivity contribution in [2.75, 3.05) is 7.11 Å². The lowest BCUT2D eigenvalue weighted by Crippen LogP contribution is -2.35. The minimum atomic E-state index is -0.548. The zero-order valence-electron chi connectivity index (χ0n) is 11.0. The van der Waals surface area contributed by atoms with Gasteiger partial charge in [-0.3, -0.25) is 4.79 Å². The Kier molecular flexibility index (Phi) is 2.64. The molecule has 1 aliphatic heterocycles. The minimum Gasteiger partial charge on any atom is -0.486 e. The van der Waals surface area contributed by atoms with E-state index in [1.165, 1.54) is 7.11 Å². The van der Waals surface area contributed by atoms with E-state index in [2.05, 4.69) is 6.07 Å². The van der Waals surface area contributed by atoms with Gasteiger partial charge >= 0.3 is 5.97 Å². The lowest BCUT2D eigenvalue weighted by molar-refractivity contribution is -0.145. The smallest absolute Gasteiger partial charge is 0.317 e. The fraction of sp³-hybridized carbons (Fsp3) is 0.500. The molecule has 3 nitrogen and oxygen atoms in total. The maximum atomic E-state index is 11.9.